The molecular weight excluding hydrogens is 693 g/mol. The van der Waals surface area contributed by atoms with Crippen LogP contribution in [0.15, 0.2) is 223 Å². The van der Waals surface area contributed by atoms with Crippen LogP contribution in [0.1, 0.15) is 22.3 Å². The van der Waals surface area contributed by atoms with Crippen molar-refractivity contribution in [1.82, 2.24) is 4.98 Å². The van der Waals surface area contributed by atoms with Gasteiger partial charge >= 0.3 is 0 Å². The Morgan fingerprint density at radius 3 is 1.70 bits per heavy atom. The molecule has 0 radical (unpaired) electrons. The van der Waals surface area contributed by atoms with Crippen molar-refractivity contribution in [3.8, 4) is 33.4 Å². The van der Waals surface area contributed by atoms with Crippen molar-refractivity contribution in [3.63, 3.8) is 0 Å². The number of aromatic nitrogens is 1. The number of anilines is 3. The number of fused-ring (bicyclic) bond motifs is 6. The molecule has 0 N–H and O–H groups in total. The average molecular weight is 729 g/mol. The van der Waals surface area contributed by atoms with E-state index in [1.807, 2.05) is 12.4 Å². The zero-order chi connectivity index (χ0) is 37.8. The molecule has 0 atom stereocenters. The van der Waals surface area contributed by atoms with E-state index in [1.54, 1.807) is 0 Å². The summed E-state index contributed by atoms with van der Waals surface area (Å²) in [5.41, 5.74) is 16.6. The summed E-state index contributed by atoms with van der Waals surface area (Å²) in [6.45, 7) is 0. The van der Waals surface area contributed by atoms with Crippen LogP contribution in [-0.4, -0.2) is 4.98 Å². The van der Waals surface area contributed by atoms with Crippen LogP contribution in [-0.2, 0) is 5.41 Å². The largest absolute Gasteiger partial charge is 0.456 e. The molecule has 10 aromatic rings. The summed E-state index contributed by atoms with van der Waals surface area (Å²) < 4.78 is 6.51. The fraction of sp³-hybridized carbons (Fsp3) is 0.0185. The normalized spacial score (nSPS) is 12.7. The SMILES string of the molecule is c1ccc(-c2ccc(N(c3cccc(C4(c5ccccc5)c5ccccc5-c5ccccc54)c3)c3ccc4oc5cccc(-c6ccncc6)c5c4c3)cc2)cc1. The van der Waals surface area contributed by atoms with Gasteiger partial charge in [0.05, 0.1) is 5.41 Å². The van der Waals surface area contributed by atoms with E-state index in [4.69, 9.17) is 4.42 Å². The Labute approximate surface area is 331 Å². The first kappa shape index (κ1) is 32.9. The van der Waals surface area contributed by atoms with Crippen molar-refractivity contribution in [1.29, 1.82) is 0 Å². The van der Waals surface area contributed by atoms with Gasteiger partial charge in [-0.05, 0) is 116 Å². The van der Waals surface area contributed by atoms with Crippen LogP contribution in [0.25, 0.3) is 55.3 Å². The molecule has 57 heavy (non-hydrogen) atoms. The third kappa shape index (κ3) is 5.24. The van der Waals surface area contributed by atoms with Crippen LogP contribution in [0.2, 0.25) is 0 Å². The highest BCUT2D eigenvalue weighted by atomic mass is 16.3. The number of nitrogens with zero attached hydrogens (tertiary/aromatic N) is 2. The highest BCUT2D eigenvalue weighted by Crippen LogP contribution is 2.56. The van der Waals surface area contributed by atoms with Gasteiger partial charge < -0.3 is 9.32 Å². The molecule has 0 fully saturated rings. The third-order valence-corrected chi connectivity index (χ3v) is 11.7. The van der Waals surface area contributed by atoms with Gasteiger partial charge in [0.25, 0.3) is 0 Å². The minimum atomic E-state index is -0.516. The fourth-order valence-corrected chi connectivity index (χ4v) is 9.20. The molecule has 268 valence electrons. The molecule has 3 nitrogen and oxygen atoms in total. The maximum atomic E-state index is 6.51. The third-order valence-electron chi connectivity index (χ3n) is 11.7. The molecule has 8 aromatic carbocycles. The number of hydrogen-bond acceptors (Lipinski definition) is 3. The van der Waals surface area contributed by atoms with E-state index in [0.29, 0.717) is 0 Å². The minimum Gasteiger partial charge on any atom is -0.456 e. The lowest BCUT2D eigenvalue weighted by atomic mass is 9.67. The highest BCUT2D eigenvalue weighted by Gasteiger charge is 2.46. The number of benzene rings is 8. The van der Waals surface area contributed by atoms with E-state index in [-0.39, 0.29) is 0 Å². The number of pyridine rings is 1. The molecule has 0 saturated heterocycles. The summed E-state index contributed by atoms with van der Waals surface area (Å²) in [7, 11) is 0. The summed E-state index contributed by atoms with van der Waals surface area (Å²) in [6, 6.07) is 74.5. The molecule has 1 aliphatic rings. The van der Waals surface area contributed by atoms with E-state index in [1.165, 1.54) is 44.5 Å². The van der Waals surface area contributed by atoms with Gasteiger partial charge in [0.2, 0.25) is 0 Å². The Morgan fingerprint density at radius 2 is 0.965 bits per heavy atom. The van der Waals surface area contributed by atoms with E-state index >= 15 is 0 Å². The quantitative estimate of drug-likeness (QED) is 0.164. The van der Waals surface area contributed by atoms with Gasteiger partial charge in [-0.3, -0.25) is 4.98 Å². The lowest BCUT2D eigenvalue weighted by molar-refractivity contribution is 0.669. The molecule has 11 rings (SSSR count). The van der Waals surface area contributed by atoms with Crippen molar-refractivity contribution >= 4 is 39.0 Å². The summed E-state index contributed by atoms with van der Waals surface area (Å²) in [6.07, 6.45) is 3.69. The average Bonchev–Trinajstić information content (AvgIpc) is 3.82. The predicted octanol–water partition coefficient (Wildman–Crippen LogP) is 14.1. The first-order valence-electron chi connectivity index (χ1n) is 19.4. The fourth-order valence-electron chi connectivity index (χ4n) is 9.20. The number of rotatable bonds is 7. The summed E-state index contributed by atoms with van der Waals surface area (Å²) in [5.74, 6) is 0. The maximum Gasteiger partial charge on any atom is 0.136 e. The molecular formula is C54H36N2O. The minimum absolute atomic E-state index is 0.516. The molecule has 0 amide bonds. The molecule has 0 spiro atoms. The van der Waals surface area contributed by atoms with Crippen molar-refractivity contribution in [2.75, 3.05) is 4.90 Å². The molecule has 2 heterocycles. The molecule has 0 saturated carbocycles. The van der Waals surface area contributed by atoms with Crippen LogP contribution >= 0.6 is 0 Å². The highest BCUT2D eigenvalue weighted by molar-refractivity contribution is 6.13. The van der Waals surface area contributed by atoms with Crippen LogP contribution < -0.4 is 4.90 Å². The van der Waals surface area contributed by atoms with Crippen LogP contribution in [0.3, 0.4) is 0 Å². The molecule has 3 heteroatoms. The second-order valence-electron chi connectivity index (χ2n) is 14.7. The van der Waals surface area contributed by atoms with Gasteiger partial charge in [-0.15, -0.1) is 0 Å². The van der Waals surface area contributed by atoms with Gasteiger partial charge in [-0.1, -0.05) is 146 Å². The number of hydrogen-bond donors (Lipinski definition) is 0. The van der Waals surface area contributed by atoms with Crippen molar-refractivity contribution in [3.05, 3.63) is 241 Å². The standard InChI is InChI=1S/C54H36N2O/c1-3-13-37(14-4-1)38-25-27-42(28-26-38)56(44-29-30-51-48(36-44)53-45(21-12-24-52(53)57-51)39-31-33-55-34-32-39)43-18-11-17-41(35-43)54(40-15-5-2-6-16-40)49-22-9-7-19-46(49)47-20-8-10-23-50(47)54/h1-36H. The van der Waals surface area contributed by atoms with Crippen LogP contribution in [0.5, 0.6) is 0 Å². The molecule has 0 unspecified atom stereocenters. The zero-order valence-electron chi connectivity index (χ0n) is 31.1. The Hall–Kier alpha value is -7.49. The van der Waals surface area contributed by atoms with Crippen molar-refractivity contribution in [2.24, 2.45) is 0 Å². The lowest BCUT2D eigenvalue weighted by Crippen LogP contribution is -2.28. The van der Waals surface area contributed by atoms with Crippen LogP contribution in [0, 0.1) is 0 Å². The van der Waals surface area contributed by atoms with E-state index in [0.717, 1.165) is 50.1 Å². The topological polar surface area (TPSA) is 29.3 Å². The number of furan rings is 1. The summed E-state index contributed by atoms with van der Waals surface area (Å²) in [4.78, 5) is 6.67. The van der Waals surface area contributed by atoms with E-state index in [9.17, 15) is 0 Å². The molecule has 0 bridgehead atoms. The molecule has 2 aromatic heterocycles. The summed E-state index contributed by atoms with van der Waals surface area (Å²) in [5, 5.41) is 2.16. The Bertz CT molecular complexity index is 3010. The van der Waals surface area contributed by atoms with E-state index < -0.39 is 5.41 Å². The summed E-state index contributed by atoms with van der Waals surface area (Å²) >= 11 is 0. The Morgan fingerprint density at radius 1 is 0.386 bits per heavy atom. The lowest BCUT2D eigenvalue weighted by Gasteiger charge is -2.35. The predicted molar refractivity (Wildman–Crippen MR) is 234 cm³/mol. The second kappa shape index (κ2) is 13.4. The first-order valence-corrected chi connectivity index (χ1v) is 19.4. The van der Waals surface area contributed by atoms with Gasteiger partial charge in [-0.25, -0.2) is 0 Å². The van der Waals surface area contributed by atoms with Gasteiger partial charge in [0.15, 0.2) is 0 Å². The monoisotopic (exact) mass is 728 g/mol. The van der Waals surface area contributed by atoms with Crippen molar-refractivity contribution in [2.45, 2.75) is 5.41 Å². The van der Waals surface area contributed by atoms with Crippen molar-refractivity contribution < 1.29 is 4.42 Å². The van der Waals surface area contributed by atoms with Gasteiger partial charge in [0.1, 0.15) is 11.2 Å². The smallest absolute Gasteiger partial charge is 0.136 e. The Balaban J connectivity index is 1.15. The zero-order valence-corrected chi connectivity index (χ0v) is 31.1. The molecule has 1 aliphatic carbocycles. The van der Waals surface area contributed by atoms with E-state index in [2.05, 4.69) is 216 Å². The van der Waals surface area contributed by atoms with Gasteiger partial charge in [0, 0.05) is 40.2 Å². The Kier molecular flexibility index (Phi) is 7.71. The second-order valence-corrected chi connectivity index (χ2v) is 14.7. The van der Waals surface area contributed by atoms with Gasteiger partial charge in [-0.2, -0.15) is 0 Å². The first-order chi connectivity index (χ1) is 28.3. The van der Waals surface area contributed by atoms with Crippen LogP contribution in [0.4, 0.5) is 17.1 Å². The maximum absolute atomic E-state index is 6.51. The molecule has 0 aliphatic heterocycles.